The summed E-state index contributed by atoms with van der Waals surface area (Å²) in [7, 11) is 0. The van der Waals surface area contributed by atoms with E-state index in [0.29, 0.717) is 0 Å². The Morgan fingerprint density at radius 3 is 0.909 bits per heavy atom. The van der Waals surface area contributed by atoms with Gasteiger partial charge < -0.3 is 9.47 Å². The van der Waals surface area contributed by atoms with Crippen LogP contribution in [-0.4, -0.2) is 44.0 Å². The van der Waals surface area contributed by atoms with Crippen molar-refractivity contribution in [2.45, 2.75) is 25.7 Å². The van der Waals surface area contributed by atoms with E-state index < -0.39 is 0 Å². The Kier molecular flexibility index (Phi) is 8.92. The van der Waals surface area contributed by atoms with Crippen LogP contribution in [0.25, 0.3) is 0 Å². The first-order valence-electron chi connectivity index (χ1n) is 4.15. The van der Waals surface area contributed by atoms with Crippen LogP contribution in [0.4, 0.5) is 0 Å². The second kappa shape index (κ2) is 8.56. The maximum atomic E-state index is 4.94. The van der Waals surface area contributed by atoms with Crippen LogP contribution in [0.15, 0.2) is 0 Å². The number of ether oxygens (including phenoxy) is 2. The van der Waals surface area contributed by atoms with E-state index in [0.717, 1.165) is 26.4 Å². The topological polar surface area (TPSA) is 18.5 Å². The Labute approximate surface area is 79.6 Å². The van der Waals surface area contributed by atoms with E-state index in [2.05, 4.69) is 0 Å². The van der Waals surface area contributed by atoms with Crippen LogP contribution in [0.1, 0.15) is 25.7 Å². The van der Waals surface area contributed by atoms with Gasteiger partial charge in [0, 0.05) is 26.4 Å². The van der Waals surface area contributed by atoms with E-state index in [9.17, 15) is 0 Å². The third-order valence-electron chi connectivity index (χ3n) is 1.65. The molecule has 0 N–H and O–H groups in total. The molecule has 11 heavy (non-hydrogen) atoms. The normalized spacial score (nSPS) is 21.8. The van der Waals surface area contributed by atoms with E-state index in [-0.39, 0.29) is 17.6 Å². The minimum absolute atomic E-state index is 0. The maximum absolute atomic E-state index is 4.94. The first-order chi connectivity index (χ1) is 5.00. The summed E-state index contributed by atoms with van der Waals surface area (Å²) in [5.41, 5.74) is 0. The summed E-state index contributed by atoms with van der Waals surface area (Å²) in [4.78, 5) is 0. The van der Waals surface area contributed by atoms with Crippen molar-refractivity contribution in [2.75, 3.05) is 26.4 Å². The second-order valence-corrected chi connectivity index (χ2v) is 2.64. The molecule has 2 aliphatic heterocycles. The summed E-state index contributed by atoms with van der Waals surface area (Å²) in [5, 5.41) is 0. The van der Waals surface area contributed by atoms with E-state index >= 15 is 0 Å². The monoisotopic (exact) mass is 222 g/mol. The molecule has 2 aliphatic rings. The van der Waals surface area contributed by atoms with Crippen molar-refractivity contribution in [2.24, 2.45) is 0 Å². The van der Waals surface area contributed by atoms with Gasteiger partial charge in [0.25, 0.3) is 0 Å². The van der Waals surface area contributed by atoms with E-state index in [1.807, 2.05) is 0 Å². The SMILES string of the molecule is C1CCOC1.C1CCOC1.[GeH4]. The fourth-order valence-corrected chi connectivity index (χ4v) is 1.02. The van der Waals surface area contributed by atoms with Gasteiger partial charge in [0.05, 0.1) is 0 Å². The van der Waals surface area contributed by atoms with Crippen LogP contribution in [0.2, 0.25) is 0 Å². The molecule has 0 amide bonds. The molecule has 0 radical (unpaired) electrons. The standard InChI is InChI=1S/2C4H8O.GeH4/c2*1-2-4-5-3-1;/h2*1-4H2;1H4. The van der Waals surface area contributed by atoms with Crippen molar-refractivity contribution < 1.29 is 9.47 Å². The summed E-state index contributed by atoms with van der Waals surface area (Å²) >= 11 is 0. The third-order valence-corrected chi connectivity index (χ3v) is 1.65. The fourth-order valence-electron chi connectivity index (χ4n) is 1.02. The molecule has 3 heteroatoms. The molecule has 0 aromatic carbocycles. The molecule has 0 unspecified atom stereocenters. The molecule has 2 heterocycles. The van der Waals surface area contributed by atoms with E-state index in [4.69, 9.17) is 9.47 Å². The average molecular weight is 221 g/mol. The van der Waals surface area contributed by atoms with Gasteiger partial charge in [-0.25, -0.2) is 0 Å². The van der Waals surface area contributed by atoms with Gasteiger partial charge in [-0.3, -0.25) is 0 Å². The van der Waals surface area contributed by atoms with Crippen LogP contribution in [0.5, 0.6) is 0 Å². The van der Waals surface area contributed by atoms with Gasteiger partial charge in [-0.1, -0.05) is 0 Å². The molecule has 2 fully saturated rings. The van der Waals surface area contributed by atoms with Crippen molar-refractivity contribution >= 4 is 17.6 Å². The Morgan fingerprint density at radius 1 is 0.545 bits per heavy atom. The first-order valence-corrected chi connectivity index (χ1v) is 4.15. The van der Waals surface area contributed by atoms with Crippen molar-refractivity contribution in [3.8, 4) is 0 Å². The van der Waals surface area contributed by atoms with Crippen molar-refractivity contribution in [3.05, 3.63) is 0 Å². The van der Waals surface area contributed by atoms with Crippen LogP contribution in [0, 0.1) is 0 Å². The van der Waals surface area contributed by atoms with Gasteiger partial charge in [0.1, 0.15) is 0 Å². The Morgan fingerprint density at radius 2 is 0.818 bits per heavy atom. The summed E-state index contributed by atoms with van der Waals surface area (Å²) in [5.74, 6) is 0. The van der Waals surface area contributed by atoms with Crippen LogP contribution in [-0.2, 0) is 9.47 Å². The molecule has 0 spiro atoms. The zero-order valence-corrected chi connectivity index (χ0v) is 6.47. The molecule has 2 saturated heterocycles. The molecule has 0 bridgehead atoms. The van der Waals surface area contributed by atoms with Crippen LogP contribution in [0.3, 0.4) is 0 Å². The zero-order chi connectivity index (χ0) is 7.07. The molecule has 0 aromatic heterocycles. The fraction of sp³-hybridized carbons (Fsp3) is 1.00. The number of hydrogen-bond acceptors (Lipinski definition) is 2. The summed E-state index contributed by atoms with van der Waals surface area (Å²) in [6, 6.07) is 0. The zero-order valence-electron chi connectivity index (χ0n) is 6.47. The van der Waals surface area contributed by atoms with E-state index in [1.165, 1.54) is 25.7 Å². The predicted octanol–water partition coefficient (Wildman–Crippen LogP) is 0.142. The average Bonchev–Trinajstić information content (AvgIpc) is 2.67. The van der Waals surface area contributed by atoms with Crippen molar-refractivity contribution in [1.82, 2.24) is 0 Å². The van der Waals surface area contributed by atoms with Gasteiger partial charge >= 0.3 is 17.6 Å². The third kappa shape index (κ3) is 6.85. The molecule has 68 valence electrons. The number of rotatable bonds is 0. The van der Waals surface area contributed by atoms with Gasteiger partial charge in [0.15, 0.2) is 0 Å². The van der Waals surface area contributed by atoms with Crippen LogP contribution < -0.4 is 0 Å². The van der Waals surface area contributed by atoms with Gasteiger partial charge in [-0.2, -0.15) is 0 Å². The summed E-state index contributed by atoms with van der Waals surface area (Å²) in [6.07, 6.45) is 5.11. The number of hydrogen-bond donors (Lipinski definition) is 0. The van der Waals surface area contributed by atoms with Crippen molar-refractivity contribution in [1.29, 1.82) is 0 Å². The van der Waals surface area contributed by atoms with Gasteiger partial charge in [-0.05, 0) is 25.7 Å². The quantitative estimate of drug-likeness (QED) is 0.541. The first kappa shape index (κ1) is 11.5. The molecular weight excluding hydrogens is 201 g/mol. The summed E-state index contributed by atoms with van der Waals surface area (Å²) in [6.45, 7) is 4.00. The Hall–Kier alpha value is 0.463. The van der Waals surface area contributed by atoms with Crippen molar-refractivity contribution in [3.63, 3.8) is 0 Å². The Bertz CT molecular complexity index is 45.3. The molecule has 0 atom stereocenters. The van der Waals surface area contributed by atoms with Gasteiger partial charge in [0.2, 0.25) is 0 Å². The molecular formula is C8H20GeO2. The molecule has 0 saturated carbocycles. The molecule has 2 nitrogen and oxygen atoms in total. The second-order valence-electron chi connectivity index (χ2n) is 2.64. The minimum atomic E-state index is 0. The predicted molar refractivity (Wildman–Crippen MR) is 51.4 cm³/mol. The molecule has 2 rings (SSSR count). The van der Waals surface area contributed by atoms with E-state index in [1.54, 1.807) is 0 Å². The molecule has 0 aliphatic carbocycles. The summed E-state index contributed by atoms with van der Waals surface area (Å²) < 4.78 is 9.89. The molecule has 0 aromatic rings. The Balaban J connectivity index is 0.000000167. The van der Waals surface area contributed by atoms with Gasteiger partial charge in [-0.15, -0.1) is 0 Å². The van der Waals surface area contributed by atoms with Crippen LogP contribution >= 0.6 is 0 Å².